The first-order valence-corrected chi connectivity index (χ1v) is 7.65. The van der Waals surface area contributed by atoms with Crippen molar-refractivity contribution in [3.63, 3.8) is 0 Å². The Kier molecular flexibility index (Phi) is 5.03. The third-order valence-electron chi connectivity index (χ3n) is 4.07. The maximum Gasteiger partial charge on any atom is 0.109 e. The third kappa shape index (κ3) is 3.57. The number of aliphatic imine (C=N–C) groups is 1. The molecule has 0 radical (unpaired) electrons. The lowest BCUT2D eigenvalue weighted by atomic mass is 9.99. The van der Waals surface area contributed by atoms with Crippen molar-refractivity contribution in [2.45, 2.75) is 25.8 Å². The lowest BCUT2D eigenvalue weighted by Gasteiger charge is -2.38. The van der Waals surface area contributed by atoms with Gasteiger partial charge in [-0.1, -0.05) is 18.2 Å². The number of anilines is 1. The second-order valence-electron chi connectivity index (χ2n) is 6.11. The van der Waals surface area contributed by atoms with Crippen molar-refractivity contribution >= 4 is 17.1 Å². The number of likely N-dealkylation sites (N-methyl/N-ethyl adjacent to an activating group) is 1. The minimum Gasteiger partial charge on any atom is -0.399 e. The van der Waals surface area contributed by atoms with Gasteiger partial charge in [0.15, 0.2) is 0 Å². The Balaban J connectivity index is 2.15. The van der Waals surface area contributed by atoms with Gasteiger partial charge < -0.3 is 16.0 Å². The monoisotopic (exact) mass is 298 g/mol. The van der Waals surface area contributed by atoms with Crippen molar-refractivity contribution in [3.8, 4) is 0 Å². The number of rotatable bonds is 6. The van der Waals surface area contributed by atoms with Gasteiger partial charge in [0.1, 0.15) is 5.84 Å². The normalized spacial score (nSPS) is 14.5. The molecule has 0 bridgehead atoms. The van der Waals surface area contributed by atoms with Crippen LogP contribution in [-0.4, -0.2) is 36.4 Å². The molecule has 1 aromatic carbocycles. The highest BCUT2D eigenvalue weighted by atomic mass is 15.2. The van der Waals surface area contributed by atoms with E-state index in [0.717, 1.165) is 36.6 Å². The van der Waals surface area contributed by atoms with Crippen LogP contribution >= 0.6 is 0 Å². The molecular weight excluding hydrogens is 272 g/mol. The zero-order valence-electron chi connectivity index (χ0n) is 13.8. The number of hydrogen-bond donors (Lipinski definition) is 2. The minimum atomic E-state index is -0.130. The summed E-state index contributed by atoms with van der Waals surface area (Å²) in [6.07, 6.45) is 4.75. The number of nitrogen functional groups attached to an aromatic ring is 1. The van der Waals surface area contributed by atoms with E-state index >= 15 is 0 Å². The molecule has 0 aromatic heterocycles. The van der Waals surface area contributed by atoms with E-state index in [9.17, 15) is 0 Å². The molecule has 1 aliphatic rings. The zero-order valence-corrected chi connectivity index (χ0v) is 13.8. The molecule has 22 heavy (non-hydrogen) atoms. The average Bonchev–Trinajstić information content (AvgIpc) is 2.97. The third-order valence-corrected chi connectivity index (χ3v) is 4.07. The van der Waals surface area contributed by atoms with Crippen LogP contribution in [0.3, 0.4) is 0 Å². The van der Waals surface area contributed by atoms with Crippen molar-refractivity contribution < 1.29 is 0 Å². The Morgan fingerprint density at radius 1 is 1.45 bits per heavy atom. The molecule has 1 heterocycles. The second-order valence-corrected chi connectivity index (χ2v) is 6.11. The Morgan fingerprint density at radius 2 is 2.23 bits per heavy atom. The van der Waals surface area contributed by atoms with Crippen LogP contribution in [0.15, 0.2) is 48.1 Å². The van der Waals surface area contributed by atoms with E-state index in [-0.39, 0.29) is 5.54 Å². The molecule has 0 unspecified atom stereocenters. The van der Waals surface area contributed by atoms with E-state index < -0.39 is 0 Å². The van der Waals surface area contributed by atoms with Gasteiger partial charge in [0, 0.05) is 31.4 Å². The summed E-state index contributed by atoms with van der Waals surface area (Å²) in [5, 5.41) is 3.20. The molecule has 1 aliphatic heterocycles. The number of amidine groups is 1. The lowest BCUT2D eigenvalue weighted by Crippen LogP contribution is -2.48. The molecule has 3 N–H and O–H groups in total. The predicted molar refractivity (Wildman–Crippen MR) is 95.8 cm³/mol. The molecule has 2 rings (SSSR count). The molecule has 0 aliphatic carbocycles. The smallest absolute Gasteiger partial charge is 0.109 e. The van der Waals surface area contributed by atoms with Crippen molar-refractivity contribution in [1.82, 2.24) is 10.2 Å². The van der Waals surface area contributed by atoms with Crippen molar-refractivity contribution in [1.29, 1.82) is 0 Å². The van der Waals surface area contributed by atoms with Gasteiger partial charge in [-0.3, -0.25) is 0 Å². The SMILES string of the molecule is C=CC(C)(C)N(CCNC)C1=NC=C(c2cccc(N)c2)C1. The average molecular weight is 298 g/mol. The molecular formula is C18H26N4. The maximum atomic E-state index is 5.88. The van der Waals surface area contributed by atoms with Crippen molar-refractivity contribution in [2.24, 2.45) is 4.99 Å². The number of benzene rings is 1. The molecule has 4 nitrogen and oxygen atoms in total. The summed E-state index contributed by atoms with van der Waals surface area (Å²) >= 11 is 0. The fraction of sp³-hybridized carbons (Fsp3) is 0.389. The Labute approximate surface area is 133 Å². The first kappa shape index (κ1) is 16.3. The molecule has 118 valence electrons. The quantitative estimate of drug-likeness (QED) is 0.627. The topological polar surface area (TPSA) is 53.6 Å². The van der Waals surface area contributed by atoms with E-state index in [1.54, 1.807) is 0 Å². The van der Waals surface area contributed by atoms with E-state index in [2.05, 4.69) is 41.7 Å². The number of nitrogens with one attached hydrogen (secondary N) is 1. The van der Waals surface area contributed by atoms with Crippen LogP contribution in [0.25, 0.3) is 5.57 Å². The predicted octanol–water partition coefficient (Wildman–Crippen LogP) is 2.90. The van der Waals surface area contributed by atoms with Gasteiger partial charge in [-0.2, -0.15) is 0 Å². The summed E-state index contributed by atoms with van der Waals surface area (Å²) in [7, 11) is 1.96. The van der Waals surface area contributed by atoms with Crippen LogP contribution in [0.1, 0.15) is 25.8 Å². The van der Waals surface area contributed by atoms with E-state index in [1.807, 2.05) is 37.5 Å². The van der Waals surface area contributed by atoms with Gasteiger partial charge in [-0.25, -0.2) is 4.99 Å². The summed E-state index contributed by atoms with van der Waals surface area (Å²) in [5.41, 5.74) is 8.88. The maximum absolute atomic E-state index is 5.88. The van der Waals surface area contributed by atoms with Crippen LogP contribution in [0.2, 0.25) is 0 Å². The fourth-order valence-corrected chi connectivity index (χ4v) is 2.58. The lowest BCUT2D eigenvalue weighted by molar-refractivity contribution is 0.269. The van der Waals surface area contributed by atoms with E-state index in [1.165, 1.54) is 5.57 Å². The van der Waals surface area contributed by atoms with E-state index in [4.69, 9.17) is 5.73 Å². The van der Waals surface area contributed by atoms with Gasteiger partial charge in [-0.05, 0) is 44.2 Å². The summed E-state index contributed by atoms with van der Waals surface area (Å²) in [5.74, 6) is 1.08. The highest BCUT2D eigenvalue weighted by molar-refractivity contribution is 5.97. The van der Waals surface area contributed by atoms with Gasteiger partial charge >= 0.3 is 0 Å². The van der Waals surface area contributed by atoms with Gasteiger partial charge in [0.25, 0.3) is 0 Å². The van der Waals surface area contributed by atoms with E-state index in [0.29, 0.717) is 0 Å². The Hall–Kier alpha value is -2.07. The summed E-state index contributed by atoms with van der Waals surface area (Å²) in [6, 6.07) is 7.97. The Bertz CT molecular complexity index is 599. The van der Waals surface area contributed by atoms with Crippen molar-refractivity contribution in [2.75, 3.05) is 25.9 Å². The second kappa shape index (κ2) is 6.79. The minimum absolute atomic E-state index is 0.130. The zero-order chi connectivity index (χ0) is 16.2. The first-order valence-electron chi connectivity index (χ1n) is 7.65. The molecule has 0 amide bonds. The molecule has 4 heteroatoms. The molecule has 0 spiro atoms. The number of nitrogens with two attached hydrogens (primary N) is 1. The summed E-state index contributed by atoms with van der Waals surface area (Å²) in [6.45, 7) is 10.1. The first-order chi connectivity index (χ1) is 10.5. The van der Waals surface area contributed by atoms with Crippen molar-refractivity contribution in [3.05, 3.63) is 48.7 Å². The van der Waals surface area contributed by atoms with Crippen LogP contribution < -0.4 is 11.1 Å². The van der Waals surface area contributed by atoms with Gasteiger partial charge in [-0.15, -0.1) is 6.58 Å². The van der Waals surface area contributed by atoms with Gasteiger partial charge in [0.2, 0.25) is 0 Å². The van der Waals surface area contributed by atoms with Crippen LogP contribution in [0.4, 0.5) is 5.69 Å². The molecule has 0 fully saturated rings. The fourth-order valence-electron chi connectivity index (χ4n) is 2.58. The number of hydrogen-bond acceptors (Lipinski definition) is 4. The number of nitrogens with zero attached hydrogens (tertiary/aromatic N) is 2. The van der Waals surface area contributed by atoms with Crippen LogP contribution in [0.5, 0.6) is 0 Å². The highest BCUT2D eigenvalue weighted by Gasteiger charge is 2.28. The standard InChI is InChI=1S/C18H26N4/c1-5-18(2,3)22(10-9-20-4)17-12-15(13-21-17)14-7-6-8-16(19)11-14/h5-8,11,13,20H,1,9-10,12,19H2,2-4H3. The Morgan fingerprint density at radius 3 is 2.86 bits per heavy atom. The molecule has 0 saturated heterocycles. The van der Waals surface area contributed by atoms with Gasteiger partial charge in [0.05, 0.1) is 5.54 Å². The summed E-state index contributed by atoms with van der Waals surface area (Å²) < 4.78 is 0. The molecule has 0 atom stereocenters. The van der Waals surface area contributed by atoms with Crippen LogP contribution in [0, 0.1) is 0 Å². The largest absolute Gasteiger partial charge is 0.399 e. The molecule has 1 aromatic rings. The summed E-state index contributed by atoms with van der Waals surface area (Å²) in [4.78, 5) is 6.97. The molecule has 0 saturated carbocycles. The van der Waals surface area contributed by atoms with Crippen LogP contribution in [-0.2, 0) is 0 Å². The highest BCUT2D eigenvalue weighted by Crippen LogP contribution is 2.29.